The molecular weight excluding hydrogens is 224 g/mol. The highest BCUT2D eigenvalue weighted by molar-refractivity contribution is 5.93. The first kappa shape index (κ1) is 13.1. The summed E-state index contributed by atoms with van der Waals surface area (Å²) in [4.78, 5) is 27.0. The van der Waals surface area contributed by atoms with Crippen LogP contribution in [0.3, 0.4) is 0 Å². The Labute approximate surface area is 99.0 Å². The van der Waals surface area contributed by atoms with Crippen molar-refractivity contribution in [1.29, 1.82) is 0 Å². The molecule has 94 valence electrons. The van der Waals surface area contributed by atoms with Crippen LogP contribution >= 0.6 is 0 Å². The molecular formula is C10H16N4O3. The lowest BCUT2D eigenvalue weighted by Crippen LogP contribution is -2.45. The Kier molecular flexibility index (Phi) is 4.19. The summed E-state index contributed by atoms with van der Waals surface area (Å²) in [5.41, 5.74) is 0. The topological polar surface area (TPSA) is 97.0 Å². The predicted octanol–water partition coefficient (Wildman–Crippen LogP) is 0.0405. The van der Waals surface area contributed by atoms with E-state index in [9.17, 15) is 9.59 Å². The number of nitrogens with zero attached hydrogens (tertiary/aromatic N) is 2. The maximum Gasteiger partial charge on any atom is 0.328 e. The molecule has 7 nitrogen and oxygen atoms in total. The Hall–Kier alpha value is -1.92. The summed E-state index contributed by atoms with van der Waals surface area (Å²) in [7, 11) is 1.28. The van der Waals surface area contributed by atoms with Gasteiger partial charge in [0.05, 0.1) is 7.11 Å². The Morgan fingerprint density at radius 2 is 2.06 bits per heavy atom. The first-order valence-electron chi connectivity index (χ1n) is 5.23. The molecule has 0 aliphatic heterocycles. The van der Waals surface area contributed by atoms with Gasteiger partial charge in [-0.05, 0) is 12.8 Å². The Balaban J connectivity index is 2.74. The maximum atomic E-state index is 11.7. The number of carbonyl (C=O) groups is 2. The number of carbonyl (C=O) groups excluding carboxylic acids is 2. The third-order valence-corrected chi connectivity index (χ3v) is 2.21. The van der Waals surface area contributed by atoms with Gasteiger partial charge in [0.25, 0.3) is 5.91 Å². The number of nitrogens with one attached hydrogen (secondary N) is 2. The van der Waals surface area contributed by atoms with E-state index in [0.29, 0.717) is 5.82 Å². The summed E-state index contributed by atoms with van der Waals surface area (Å²) >= 11 is 0. The van der Waals surface area contributed by atoms with Crippen molar-refractivity contribution in [1.82, 2.24) is 20.5 Å². The fourth-order valence-corrected chi connectivity index (χ4v) is 1.27. The normalized spacial score (nSPS) is 12.3. The molecule has 0 saturated heterocycles. The van der Waals surface area contributed by atoms with E-state index >= 15 is 0 Å². The SMILES string of the molecule is COC(=O)C(NC(=O)c1n[nH]c(C)n1)C(C)C. The number of rotatable bonds is 4. The highest BCUT2D eigenvalue weighted by Crippen LogP contribution is 2.04. The second-order valence-corrected chi connectivity index (χ2v) is 3.96. The minimum absolute atomic E-state index is 0.0112. The number of H-pyrrole nitrogens is 1. The van der Waals surface area contributed by atoms with Gasteiger partial charge in [-0.1, -0.05) is 13.8 Å². The van der Waals surface area contributed by atoms with Crippen LogP contribution in [0.15, 0.2) is 0 Å². The first-order chi connectivity index (χ1) is 7.95. The van der Waals surface area contributed by atoms with Crippen LogP contribution in [0.1, 0.15) is 30.3 Å². The fourth-order valence-electron chi connectivity index (χ4n) is 1.27. The number of methoxy groups -OCH3 is 1. The molecule has 0 radical (unpaired) electrons. The molecule has 0 aromatic carbocycles. The largest absolute Gasteiger partial charge is 0.467 e. The van der Waals surface area contributed by atoms with Gasteiger partial charge in [0.1, 0.15) is 11.9 Å². The molecule has 0 saturated carbocycles. The zero-order valence-electron chi connectivity index (χ0n) is 10.3. The third-order valence-electron chi connectivity index (χ3n) is 2.21. The van der Waals surface area contributed by atoms with Crippen LogP contribution in [0.2, 0.25) is 0 Å². The monoisotopic (exact) mass is 240 g/mol. The smallest absolute Gasteiger partial charge is 0.328 e. The Morgan fingerprint density at radius 3 is 2.47 bits per heavy atom. The van der Waals surface area contributed by atoms with Crippen LogP contribution in [-0.2, 0) is 9.53 Å². The van der Waals surface area contributed by atoms with Gasteiger partial charge in [0.2, 0.25) is 5.82 Å². The van der Waals surface area contributed by atoms with E-state index in [1.165, 1.54) is 7.11 Å². The van der Waals surface area contributed by atoms with E-state index in [1.54, 1.807) is 6.92 Å². The minimum Gasteiger partial charge on any atom is -0.467 e. The zero-order chi connectivity index (χ0) is 13.0. The summed E-state index contributed by atoms with van der Waals surface area (Å²) in [5, 5.41) is 8.81. The van der Waals surface area contributed by atoms with E-state index in [2.05, 4.69) is 25.2 Å². The number of aromatic amines is 1. The van der Waals surface area contributed by atoms with Crippen molar-refractivity contribution in [3.8, 4) is 0 Å². The van der Waals surface area contributed by atoms with Crippen molar-refractivity contribution in [3.63, 3.8) is 0 Å². The molecule has 1 aromatic heterocycles. The van der Waals surface area contributed by atoms with E-state index in [0.717, 1.165) is 0 Å². The number of aryl methyl sites for hydroxylation is 1. The van der Waals surface area contributed by atoms with Crippen LogP contribution < -0.4 is 5.32 Å². The van der Waals surface area contributed by atoms with Gasteiger partial charge in [-0.3, -0.25) is 9.89 Å². The minimum atomic E-state index is -0.702. The number of hydrogen-bond acceptors (Lipinski definition) is 5. The number of esters is 1. The van der Waals surface area contributed by atoms with Gasteiger partial charge in [-0.25, -0.2) is 9.78 Å². The summed E-state index contributed by atoms with van der Waals surface area (Å²) < 4.78 is 4.61. The lowest BCUT2D eigenvalue weighted by atomic mass is 10.0. The van der Waals surface area contributed by atoms with Crippen molar-refractivity contribution >= 4 is 11.9 Å². The average molecular weight is 240 g/mol. The predicted molar refractivity (Wildman–Crippen MR) is 59.2 cm³/mol. The van der Waals surface area contributed by atoms with Gasteiger partial charge in [0.15, 0.2) is 0 Å². The van der Waals surface area contributed by atoms with E-state index in [4.69, 9.17) is 0 Å². The Bertz CT molecular complexity index is 413. The highest BCUT2D eigenvalue weighted by atomic mass is 16.5. The molecule has 0 fully saturated rings. The molecule has 1 unspecified atom stereocenters. The van der Waals surface area contributed by atoms with Crippen molar-refractivity contribution in [2.45, 2.75) is 26.8 Å². The lowest BCUT2D eigenvalue weighted by Gasteiger charge is -2.18. The number of hydrogen-bond donors (Lipinski definition) is 2. The van der Waals surface area contributed by atoms with Gasteiger partial charge in [-0.2, -0.15) is 0 Å². The van der Waals surface area contributed by atoms with Crippen LogP contribution in [0.5, 0.6) is 0 Å². The molecule has 1 atom stereocenters. The summed E-state index contributed by atoms with van der Waals surface area (Å²) in [6.45, 7) is 5.31. The summed E-state index contributed by atoms with van der Waals surface area (Å²) in [5.74, 6) is -0.517. The van der Waals surface area contributed by atoms with Crippen molar-refractivity contribution < 1.29 is 14.3 Å². The van der Waals surface area contributed by atoms with Gasteiger partial charge in [0, 0.05) is 0 Å². The first-order valence-corrected chi connectivity index (χ1v) is 5.23. The number of amides is 1. The summed E-state index contributed by atoms with van der Waals surface area (Å²) in [6, 6.07) is -0.702. The van der Waals surface area contributed by atoms with Crippen molar-refractivity contribution in [2.24, 2.45) is 5.92 Å². The van der Waals surface area contributed by atoms with Crippen LogP contribution in [0.4, 0.5) is 0 Å². The maximum absolute atomic E-state index is 11.7. The third kappa shape index (κ3) is 3.27. The van der Waals surface area contributed by atoms with Crippen molar-refractivity contribution in [3.05, 3.63) is 11.6 Å². The molecule has 2 N–H and O–H groups in total. The summed E-state index contributed by atoms with van der Waals surface area (Å²) in [6.07, 6.45) is 0. The fraction of sp³-hybridized carbons (Fsp3) is 0.600. The molecule has 0 aliphatic carbocycles. The number of ether oxygens (including phenoxy) is 1. The van der Waals surface area contributed by atoms with Gasteiger partial charge < -0.3 is 10.1 Å². The van der Waals surface area contributed by atoms with Crippen LogP contribution in [-0.4, -0.2) is 40.2 Å². The molecule has 1 rings (SSSR count). The number of aromatic nitrogens is 3. The molecule has 0 spiro atoms. The standard InChI is InChI=1S/C10H16N4O3/c1-5(2)7(10(16)17-4)12-9(15)8-11-6(3)13-14-8/h5,7H,1-4H3,(H,12,15)(H,11,13,14). The zero-order valence-corrected chi connectivity index (χ0v) is 10.3. The molecule has 0 aliphatic rings. The lowest BCUT2D eigenvalue weighted by molar-refractivity contribution is -0.144. The average Bonchev–Trinajstić information content (AvgIpc) is 2.71. The molecule has 1 heterocycles. The quantitative estimate of drug-likeness (QED) is 0.724. The molecule has 0 bridgehead atoms. The Morgan fingerprint density at radius 1 is 1.41 bits per heavy atom. The van der Waals surface area contributed by atoms with Crippen LogP contribution in [0.25, 0.3) is 0 Å². The van der Waals surface area contributed by atoms with Crippen LogP contribution in [0, 0.1) is 12.8 Å². The van der Waals surface area contributed by atoms with Gasteiger partial charge in [-0.15, -0.1) is 5.10 Å². The highest BCUT2D eigenvalue weighted by Gasteiger charge is 2.26. The second kappa shape index (κ2) is 5.42. The molecule has 1 amide bonds. The van der Waals surface area contributed by atoms with E-state index in [-0.39, 0.29) is 11.7 Å². The molecule has 1 aromatic rings. The van der Waals surface area contributed by atoms with Gasteiger partial charge >= 0.3 is 5.97 Å². The molecule has 7 heteroatoms. The molecule has 17 heavy (non-hydrogen) atoms. The van der Waals surface area contributed by atoms with Crippen molar-refractivity contribution in [2.75, 3.05) is 7.11 Å². The second-order valence-electron chi connectivity index (χ2n) is 3.96. The van der Waals surface area contributed by atoms with E-state index in [1.807, 2.05) is 13.8 Å². The van der Waals surface area contributed by atoms with E-state index < -0.39 is 17.9 Å².